The third-order valence-electron chi connectivity index (χ3n) is 3.25. The lowest BCUT2D eigenvalue weighted by Gasteiger charge is -2.33. The van der Waals surface area contributed by atoms with E-state index in [-0.39, 0.29) is 18.7 Å². The summed E-state index contributed by atoms with van der Waals surface area (Å²) in [7, 11) is 1.40. The maximum absolute atomic E-state index is 11.6. The van der Waals surface area contributed by atoms with E-state index in [1.54, 1.807) is 4.90 Å². The molecule has 0 saturated carbocycles. The number of rotatable bonds is 1. The Hall–Kier alpha value is -1.55. The number of nitrogens with zero attached hydrogens (tertiary/aromatic N) is 1. The Balaban J connectivity index is 2.26. The predicted molar refractivity (Wildman–Crippen MR) is 63.5 cm³/mol. The highest BCUT2D eigenvalue weighted by Gasteiger charge is 2.27. The number of benzene rings is 1. The molecule has 1 amide bonds. The second-order valence-electron chi connectivity index (χ2n) is 4.41. The summed E-state index contributed by atoms with van der Waals surface area (Å²) >= 11 is 0. The zero-order valence-corrected chi connectivity index (χ0v) is 10.1. The molecule has 0 saturated heterocycles. The lowest BCUT2D eigenvalue weighted by molar-refractivity contribution is 0.100. The number of amides is 1. The van der Waals surface area contributed by atoms with E-state index in [0.29, 0.717) is 6.54 Å². The fraction of sp³-hybridized carbons (Fsp3) is 0.462. The first-order chi connectivity index (χ1) is 8.15. The Morgan fingerprint density at radius 1 is 1.53 bits per heavy atom. The van der Waals surface area contributed by atoms with Gasteiger partial charge in [-0.15, -0.1) is 0 Å². The van der Waals surface area contributed by atoms with E-state index in [9.17, 15) is 4.79 Å². The van der Waals surface area contributed by atoms with Crippen LogP contribution in [-0.4, -0.2) is 29.3 Å². The van der Waals surface area contributed by atoms with Gasteiger partial charge in [0.05, 0.1) is 13.7 Å². The fourth-order valence-corrected chi connectivity index (χ4v) is 2.25. The fourth-order valence-electron chi connectivity index (χ4n) is 2.25. The normalized spacial score (nSPS) is 18.8. The Kier molecular flexibility index (Phi) is 3.33. The number of hydrogen-bond donors (Lipinski definition) is 1. The van der Waals surface area contributed by atoms with Crippen LogP contribution in [0.3, 0.4) is 0 Å². The molecule has 2 rings (SSSR count). The Bertz CT molecular complexity index is 431. The van der Waals surface area contributed by atoms with Crippen molar-refractivity contribution in [2.24, 2.45) is 0 Å². The van der Waals surface area contributed by atoms with Crippen LogP contribution in [0.4, 0.5) is 4.79 Å². The Labute approximate surface area is 101 Å². The second kappa shape index (κ2) is 4.75. The maximum atomic E-state index is 11.6. The van der Waals surface area contributed by atoms with E-state index >= 15 is 0 Å². The molecule has 1 N–H and O–H groups in total. The third kappa shape index (κ3) is 2.26. The van der Waals surface area contributed by atoms with Crippen LogP contribution in [0.15, 0.2) is 18.2 Å². The van der Waals surface area contributed by atoms with Crippen molar-refractivity contribution >= 4 is 6.09 Å². The van der Waals surface area contributed by atoms with Crippen LogP contribution in [0, 0.1) is 0 Å². The molecule has 1 atom stereocenters. The zero-order chi connectivity index (χ0) is 12.4. The van der Waals surface area contributed by atoms with Crippen molar-refractivity contribution in [3.63, 3.8) is 0 Å². The summed E-state index contributed by atoms with van der Waals surface area (Å²) in [5.41, 5.74) is 3.26. The van der Waals surface area contributed by atoms with Gasteiger partial charge in [0.25, 0.3) is 0 Å². The Morgan fingerprint density at radius 2 is 2.29 bits per heavy atom. The molecular weight excluding hydrogens is 218 g/mol. The minimum atomic E-state index is -0.283. The maximum Gasteiger partial charge on any atom is 0.410 e. The second-order valence-corrected chi connectivity index (χ2v) is 4.41. The predicted octanol–water partition coefficient (Wildman–Crippen LogP) is 1.69. The van der Waals surface area contributed by atoms with Gasteiger partial charge in [0.15, 0.2) is 0 Å². The molecule has 1 unspecified atom stereocenters. The topological polar surface area (TPSA) is 49.8 Å². The van der Waals surface area contributed by atoms with Gasteiger partial charge in [0, 0.05) is 12.6 Å². The van der Waals surface area contributed by atoms with E-state index in [0.717, 1.165) is 17.5 Å². The van der Waals surface area contributed by atoms with Crippen molar-refractivity contribution in [1.29, 1.82) is 0 Å². The number of fused-ring (bicyclic) bond motifs is 1. The first-order valence-electron chi connectivity index (χ1n) is 5.72. The molecule has 1 heterocycles. The number of aliphatic hydroxyl groups excluding tert-OH is 1. The standard InChI is InChI=1S/C13H17NO3/c1-9-5-12-6-10(8-15)3-4-11(12)7-14(9)13(16)17-2/h3-4,6,9,15H,5,7-8H2,1-2H3. The third-order valence-corrected chi connectivity index (χ3v) is 3.25. The summed E-state index contributed by atoms with van der Waals surface area (Å²) in [5, 5.41) is 9.10. The van der Waals surface area contributed by atoms with Crippen molar-refractivity contribution in [3.8, 4) is 0 Å². The van der Waals surface area contributed by atoms with Crippen LogP contribution in [0.25, 0.3) is 0 Å². The van der Waals surface area contributed by atoms with Crippen molar-refractivity contribution < 1.29 is 14.6 Å². The summed E-state index contributed by atoms with van der Waals surface area (Å²) in [6.07, 6.45) is 0.521. The highest BCUT2D eigenvalue weighted by atomic mass is 16.5. The minimum absolute atomic E-state index is 0.0579. The van der Waals surface area contributed by atoms with Crippen LogP contribution in [0.5, 0.6) is 0 Å². The number of aliphatic hydroxyl groups is 1. The highest BCUT2D eigenvalue weighted by molar-refractivity contribution is 5.68. The van der Waals surface area contributed by atoms with Crippen LogP contribution in [-0.2, 0) is 24.3 Å². The van der Waals surface area contributed by atoms with E-state index in [1.165, 1.54) is 12.7 Å². The average molecular weight is 235 g/mol. The molecule has 1 aliphatic heterocycles. The molecule has 0 spiro atoms. The molecule has 0 radical (unpaired) electrons. The van der Waals surface area contributed by atoms with Gasteiger partial charge in [-0.1, -0.05) is 18.2 Å². The lowest BCUT2D eigenvalue weighted by Crippen LogP contribution is -2.42. The zero-order valence-electron chi connectivity index (χ0n) is 10.1. The molecule has 1 aromatic carbocycles. The number of carbonyl (C=O) groups is 1. The molecule has 0 bridgehead atoms. The van der Waals surface area contributed by atoms with Crippen LogP contribution in [0.2, 0.25) is 0 Å². The number of hydrogen-bond acceptors (Lipinski definition) is 3. The quantitative estimate of drug-likeness (QED) is 0.806. The van der Waals surface area contributed by atoms with Crippen molar-refractivity contribution in [2.45, 2.75) is 32.5 Å². The molecule has 0 aromatic heterocycles. The van der Waals surface area contributed by atoms with Gasteiger partial charge >= 0.3 is 6.09 Å². The number of methoxy groups -OCH3 is 1. The van der Waals surface area contributed by atoms with Gasteiger partial charge in [-0.2, -0.15) is 0 Å². The van der Waals surface area contributed by atoms with E-state index < -0.39 is 0 Å². The highest BCUT2D eigenvalue weighted by Crippen LogP contribution is 2.24. The molecule has 1 aromatic rings. The summed E-state index contributed by atoms with van der Waals surface area (Å²) in [6.45, 7) is 2.64. The van der Waals surface area contributed by atoms with Gasteiger partial charge in [0.1, 0.15) is 0 Å². The van der Waals surface area contributed by atoms with Crippen molar-refractivity contribution in [3.05, 3.63) is 34.9 Å². The van der Waals surface area contributed by atoms with Crippen LogP contribution >= 0.6 is 0 Å². The molecule has 4 nitrogen and oxygen atoms in total. The van der Waals surface area contributed by atoms with Gasteiger partial charge in [0.2, 0.25) is 0 Å². The summed E-state index contributed by atoms with van der Waals surface area (Å²) in [5.74, 6) is 0. The van der Waals surface area contributed by atoms with Gasteiger partial charge in [-0.25, -0.2) is 4.79 Å². The van der Waals surface area contributed by atoms with E-state index in [4.69, 9.17) is 9.84 Å². The van der Waals surface area contributed by atoms with Gasteiger partial charge < -0.3 is 14.7 Å². The largest absolute Gasteiger partial charge is 0.453 e. The van der Waals surface area contributed by atoms with E-state index in [1.807, 2.05) is 25.1 Å². The molecule has 0 aliphatic carbocycles. The first-order valence-corrected chi connectivity index (χ1v) is 5.72. The summed E-state index contributed by atoms with van der Waals surface area (Å²) in [6, 6.07) is 6.01. The SMILES string of the molecule is COC(=O)N1Cc2ccc(CO)cc2CC1C. The Morgan fingerprint density at radius 3 is 2.94 bits per heavy atom. The molecule has 17 heavy (non-hydrogen) atoms. The summed E-state index contributed by atoms with van der Waals surface area (Å²) < 4.78 is 4.77. The van der Waals surface area contributed by atoms with Gasteiger partial charge in [-0.05, 0) is 30.0 Å². The lowest BCUT2D eigenvalue weighted by atomic mass is 9.93. The van der Waals surface area contributed by atoms with Crippen molar-refractivity contribution in [1.82, 2.24) is 4.90 Å². The van der Waals surface area contributed by atoms with Gasteiger partial charge in [-0.3, -0.25) is 0 Å². The monoisotopic (exact) mass is 235 g/mol. The smallest absolute Gasteiger partial charge is 0.410 e. The molecule has 1 aliphatic rings. The van der Waals surface area contributed by atoms with Crippen molar-refractivity contribution in [2.75, 3.05) is 7.11 Å². The first kappa shape index (κ1) is 11.9. The number of ether oxygens (including phenoxy) is 1. The minimum Gasteiger partial charge on any atom is -0.453 e. The average Bonchev–Trinajstić information content (AvgIpc) is 2.36. The molecule has 92 valence electrons. The summed E-state index contributed by atoms with van der Waals surface area (Å²) in [4.78, 5) is 13.3. The van der Waals surface area contributed by atoms with Crippen LogP contribution < -0.4 is 0 Å². The molecular formula is C13H17NO3. The van der Waals surface area contributed by atoms with Crippen LogP contribution in [0.1, 0.15) is 23.6 Å². The molecule has 0 fully saturated rings. The molecule has 4 heteroatoms. The number of carbonyl (C=O) groups excluding carboxylic acids is 1. The van der Waals surface area contributed by atoms with E-state index in [2.05, 4.69) is 0 Å².